The molecule has 1 aromatic carbocycles. The molecule has 1 atom stereocenters. The highest BCUT2D eigenvalue weighted by Gasteiger charge is 2.29. The molecule has 0 bridgehead atoms. The SMILES string of the molecule is CCCCC(CC)Nc1ccc(C(F)(F)F)cc1. The molecule has 0 spiro atoms. The Labute approximate surface area is 106 Å². The summed E-state index contributed by atoms with van der Waals surface area (Å²) >= 11 is 0. The molecular weight excluding hydrogens is 239 g/mol. The van der Waals surface area contributed by atoms with Crippen LogP contribution in [0.4, 0.5) is 18.9 Å². The first kappa shape index (κ1) is 14.9. The molecule has 0 saturated carbocycles. The van der Waals surface area contributed by atoms with Crippen LogP contribution in [0, 0.1) is 0 Å². The highest BCUT2D eigenvalue weighted by Crippen LogP contribution is 2.30. The quantitative estimate of drug-likeness (QED) is 0.750. The maximum atomic E-state index is 12.4. The van der Waals surface area contributed by atoms with Crippen LogP contribution in [0.3, 0.4) is 0 Å². The number of hydrogen-bond acceptors (Lipinski definition) is 1. The van der Waals surface area contributed by atoms with Gasteiger partial charge in [-0.2, -0.15) is 13.2 Å². The number of anilines is 1. The summed E-state index contributed by atoms with van der Waals surface area (Å²) in [5, 5.41) is 3.27. The molecule has 4 heteroatoms. The maximum Gasteiger partial charge on any atom is 0.416 e. The Hall–Kier alpha value is -1.19. The molecule has 0 saturated heterocycles. The number of halogens is 3. The van der Waals surface area contributed by atoms with Gasteiger partial charge in [-0.15, -0.1) is 0 Å². The summed E-state index contributed by atoms with van der Waals surface area (Å²) in [5.41, 5.74) is 0.153. The van der Waals surface area contributed by atoms with Gasteiger partial charge in [-0.05, 0) is 37.1 Å². The van der Waals surface area contributed by atoms with Crippen LogP contribution in [0.1, 0.15) is 45.1 Å². The number of benzene rings is 1. The van der Waals surface area contributed by atoms with E-state index < -0.39 is 11.7 Å². The van der Waals surface area contributed by atoms with Gasteiger partial charge in [-0.25, -0.2) is 0 Å². The van der Waals surface area contributed by atoms with Crippen molar-refractivity contribution >= 4 is 5.69 Å². The molecule has 0 amide bonds. The maximum absolute atomic E-state index is 12.4. The predicted octanol–water partition coefficient (Wildman–Crippen LogP) is 5.09. The fraction of sp³-hybridized carbons (Fsp3) is 0.571. The molecule has 0 aliphatic heterocycles. The van der Waals surface area contributed by atoms with E-state index in [1.54, 1.807) is 0 Å². The Morgan fingerprint density at radius 3 is 2.17 bits per heavy atom. The van der Waals surface area contributed by atoms with Gasteiger partial charge in [0.05, 0.1) is 5.56 Å². The van der Waals surface area contributed by atoms with E-state index in [9.17, 15) is 13.2 Å². The fourth-order valence-electron chi connectivity index (χ4n) is 1.82. The Bertz CT molecular complexity index is 343. The predicted molar refractivity (Wildman–Crippen MR) is 68.7 cm³/mol. The summed E-state index contributed by atoms with van der Waals surface area (Å²) < 4.78 is 37.2. The zero-order valence-corrected chi connectivity index (χ0v) is 10.8. The minimum Gasteiger partial charge on any atom is -0.382 e. The minimum atomic E-state index is -4.26. The average molecular weight is 259 g/mol. The van der Waals surface area contributed by atoms with Gasteiger partial charge in [0.25, 0.3) is 0 Å². The van der Waals surface area contributed by atoms with E-state index in [1.807, 2.05) is 0 Å². The van der Waals surface area contributed by atoms with Crippen molar-refractivity contribution in [2.24, 2.45) is 0 Å². The van der Waals surface area contributed by atoms with E-state index in [2.05, 4.69) is 19.2 Å². The van der Waals surface area contributed by atoms with Crippen molar-refractivity contribution in [1.82, 2.24) is 0 Å². The lowest BCUT2D eigenvalue weighted by molar-refractivity contribution is -0.137. The highest BCUT2D eigenvalue weighted by atomic mass is 19.4. The lowest BCUT2D eigenvalue weighted by Crippen LogP contribution is -2.18. The van der Waals surface area contributed by atoms with Crippen molar-refractivity contribution in [3.63, 3.8) is 0 Å². The lowest BCUT2D eigenvalue weighted by atomic mass is 10.1. The molecule has 1 unspecified atom stereocenters. The third-order valence-corrected chi connectivity index (χ3v) is 2.98. The zero-order valence-electron chi connectivity index (χ0n) is 10.8. The zero-order chi connectivity index (χ0) is 13.6. The van der Waals surface area contributed by atoms with Crippen molar-refractivity contribution in [3.8, 4) is 0 Å². The molecule has 18 heavy (non-hydrogen) atoms. The molecular formula is C14H20F3N. The third-order valence-electron chi connectivity index (χ3n) is 2.98. The van der Waals surface area contributed by atoms with Gasteiger partial charge in [0.2, 0.25) is 0 Å². The Morgan fingerprint density at radius 1 is 1.11 bits per heavy atom. The van der Waals surface area contributed by atoms with Gasteiger partial charge in [-0.3, -0.25) is 0 Å². The van der Waals surface area contributed by atoms with Crippen LogP contribution < -0.4 is 5.32 Å². The smallest absolute Gasteiger partial charge is 0.382 e. The Balaban J connectivity index is 2.62. The molecule has 1 nitrogen and oxygen atoms in total. The van der Waals surface area contributed by atoms with Gasteiger partial charge in [-0.1, -0.05) is 26.7 Å². The first-order valence-electron chi connectivity index (χ1n) is 6.41. The van der Waals surface area contributed by atoms with E-state index in [0.717, 1.165) is 43.5 Å². The van der Waals surface area contributed by atoms with Gasteiger partial charge in [0, 0.05) is 11.7 Å². The van der Waals surface area contributed by atoms with Crippen molar-refractivity contribution in [2.75, 3.05) is 5.32 Å². The van der Waals surface area contributed by atoms with Gasteiger partial charge in [0.1, 0.15) is 0 Å². The minimum absolute atomic E-state index is 0.335. The molecule has 102 valence electrons. The van der Waals surface area contributed by atoms with Crippen molar-refractivity contribution in [2.45, 2.75) is 51.7 Å². The molecule has 0 fully saturated rings. The summed E-state index contributed by atoms with van der Waals surface area (Å²) in [6.45, 7) is 4.21. The summed E-state index contributed by atoms with van der Waals surface area (Å²) in [5.74, 6) is 0. The van der Waals surface area contributed by atoms with E-state index in [1.165, 1.54) is 12.1 Å². The van der Waals surface area contributed by atoms with Crippen LogP contribution in [-0.4, -0.2) is 6.04 Å². The van der Waals surface area contributed by atoms with E-state index in [0.29, 0.717) is 6.04 Å². The number of nitrogens with one attached hydrogen (secondary N) is 1. The molecule has 0 radical (unpaired) electrons. The first-order chi connectivity index (χ1) is 8.47. The van der Waals surface area contributed by atoms with Gasteiger partial charge >= 0.3 is 6.18 Å². The molecule has 1 rings (SSSR count). The lowest BCUT2D eigenvalue weighted by Gasteiger charge is -2.18. The second kappa shape index (κ2) is 6.66. The highest BCUT2D eigenvalue weighted by molar-refractivity contribution is 5.45. The number of hydrogen-bond donors (Lipinski definition) is 1. The van der Waals surface area contributed by atoms with E-state index in [4.69, 9.17) is 0 Å². The summed E-state index contributed by atoms with van der Waals surface area (Å²) in [6.07, 6.45) is 0.0251. The number of unbranched alkanes of at least 4 members (excludes halogenated alkanes) is 1. The largest absolute Gasteiger partial charge is 0.416 e. The molecule has 0 aromatic heterocycles. The summed E-state index contributed by atoms with van der Waals surface area (Å²) in [6, 6.07) is 5.57. The summed E-state index contributed by atoms with van der Waals surface area (Å²) in [4.78, 5) is 0. The average Bonchev–Trinajstić information content (AvgIpc) is 2.34. The van der Waals surface area contributed by atoms with Crippen LogP contribution in [0.5, 0.6) is 0 Å². The third kappa shape index (κ3) is 4.59. The Morgan fingerprint density at radius 2 is 1.72 bits per heavy atom. The second-order valence-electron chi connectivity index (χ2n) is 4.47. The number of alkyl halides is 3. The standard InChI is InChI=1S/C14H20F3N/c1-3-5-6-12(4-2)18-13-9-7-11(8-10-13)14(15,16)17/h7-10,12,18H,3-6H2,1-2H3. The normalized spacial score (nSPS) is 13.4. The van der Waals surface area contributed by atoms with Crippen LogP contribution >= 0.6 is 0 Å². The van der Waals surface area contributed by atoms with Crippen LogP contribution in [0.25, 0.3) is 0 Å². The molecule has 0 aliphatic carbocycles. The fourth-order valence-corrected chi connectivity index (χ4v) is 1.82. The second-order valence-corrected chi connectivity index (χ2v) is 4.47. The van der Waals surface area contributed by atoms with E-state index >= 15 is 0 Å². The van der Waals surface area contributed by atoms with Crippen LogP contribution in [-0.2, 0) is 6.18 Å². The molecule has 0 aliphatic rings. The van der Waals surface area contributed by atoms with Crippen molar-refractivity contribution in [1.29, 1.82) is 0 Å². The molecule has 0 heterocycles. The molecule has 1 aromatic rings. The first-order valence-corrected chi connectivity index (χ1v) is 6.41. The molecule has 1 N–H and O–H groups in total. The summed E-state index contributed by atoms with van der Waals surface area (Å²) in [7, 11) is 0. The topological polar surface area (TPSA) is 12.0 Å². The van der Waals surface area contributed by atoms with Crippen LogP contribution in [0.15, 0.2) is 24.3 Å². The Kier molecular flexibility index (Phi) is 5.51. The van der Waals surface area contributed by atoms with Crippen molar-refractivity contribution < 1.29 is 13.2 Å². The number of rotatable bonds is 6. The van der Waals surface area contributed by atoms with E-state index in [-0.39, 0.29) is 0 Å². The monoisotopic (exact) mass is 259 g/mol. The van der Waals surface area contributed by atoms with Crippen LogP contribution in [0.2, 0.25) is 0 Å². The van der Waals surface area contributed by atoms with Crippen molar-refractivity contribution in [3.05, 3.63) is 29.8 Å². The van der Waals surface area contributed by atoms with Gasteiger partial charge in [0.15, 0.2) is 0 Å². The van der Waals surface area contributed by atoms with Gasteiger partial charge < -0.3 is 5.32 Å².